The molecule has 0 aliphatic heterocycles. The van der Waals surface area contributed by atoms with E-state index in [1.807, 2.05) is 0 Å². The van der Waals surface area contributed by atoms with E-state index in [1.54, 1.807) is 31.3 Å². The highest BCUT2D eigenvalue weighted by atomic mass is 32.2. The van der Waals surface area contributed by atoms with E-state index in [-0.39, 0.29) is 0 Å². The van der Waals surface area contributed by atoms with Gasteiger partial charge in [-0.3, -0.25) is 0 Å². The maximum absolute atomic E-state index is 11.1. The van der Waals surface area contributed by atoms with E-state index < -0.39 is 9.84 Å². The van der Waals surface area contributed by atoms with Crippen LogP contribution in [0.5, 0.6) is 0 Å². The van der Waals surface area contributed by atoms with E-state index in [1.165, 1.54) is 6.26 Å². The Kier molecular flexibility index (Phi) is 2.96. The van der Waals surface area contributed by atoms with Gasteiger partial charge in [0.2, 0.25) is 0 Å². The van der Waals surface area contributed by atoms with E-state index in [9.17, 15) is 8.42 Å². The number of hydrogen-bond acceptors (Lipinski definition) is 3. The normalized spacial score (nSPS) is 11.0. The minimum atomic E-state index is -3.10. The van der Waals surface area contributed by atoms with Crippen molar-refractivity contribution < 1.29 is 8.42 Å². The summed E-state index contributed by atoms with van der Waals surface area (Å²) in [6, 6.07) is 6.62. The molecule has 0 aliphatic rings. The molecule has 0 saturated carbocycles. The van der Waals surface area contributed by atoms with Gasteiger partial charge in [-0.15, -0.1) is 0 Å². The highest BCUT2D eigenvalue weighted by Crippen LogP contribution is 2.13. The van der Waals surface area contributed by atoms with Gasteiger partial charge in [-0.2, -0.15) is 0 Å². The third-order valence-corrected chi connectivity index (χ3v) is 3.06. The Morgan fingerprint density at radius 1 is 1.29 bits per heavy atom. The lowest BCUT2D eigenvalue weighted by molar-refractivity contribution is 0.602. The topological polar surface area (TPSA) is 46.2 Å². The fourth-order valence-corrected chi connectivity index (χ4v) is 1.68. The van der Waals surface area contributed by atoms with E-state index in [4.69, 9.17) is 0 Å². The molecule has 0 atom stereocenters. The Morgan fingerprint density at radius 3 is 2.14 bits per heavy atom. The van der Waals surface area contributed by atoms with E-state index >= 15 is 0 Å². The molecule has 0 aromatic heterocycles. The van der Waals surface area contributed by atoms with Crippen molar-refractivity contribution in [2.24, 2.45) is 0 Å². The molecule has 0 aliphatic carbocycles. The van der Waals surface area contributed by atoms with Gasteiger partial charge in [0.25, 0.3) is 0 Å². The Morgan fingerprint density at radius 2 is 1.79 bits per heavy atom. The summed E-state index contributed by atoms with van der Waals surface area (Å²) in [6.45, 7) is 3.77. The van der Waals surface area contributed by atoms with Gasteiger partial charge in [0, 0.05) is 19.0 Å². The Hall–Kier alpha value is -1.29. The molecule has 0 unspecified atom stereocenters. The third-order valence-electron chi connectivity index (χ3n) is 1.93. The van der Waals surface area contributed by atoms with Crippen LogP contribution in [0.25, 0.3) is 5.70 Å². The summed E-state index contributed by atoms with van der Waals surface area (Å²) in [4.78, 5) is 0.324. The Bertz CT molecular complexity index is 432. The molecule has 4 heteroatoms. The second-order valence-corrected chi connectivity index (χ2v) is 5.04. The first-order chi connectivity index (χ1) is 6.45. The first-order valence-corrected chi connectivity index (χ1v) is 6.01. The smallest absolute Gasteiger partial charge is 0.175 e. The molecule has 0 spiro atoms. The van der Waals surface area contributed by atoms with E-state index in [0.717, 1.165) is 11.3 Å². The average Bonchev–Trinajstić information content (AvgIpc) is 2.15. The number of hydrogen-bond donors (Lipinski definition) is 1. The Balaban J connectivity index is 3.07. The lowest BCUT2D eigenvalue weighted by atomic mass is 10.2. The molecule has 1 N–H and O–H groups in total. The summed E-state index contributed by atoms with van der Waals surface area (Å²) in [5.41, 5.74) is 1.66. The fourth-order valence-electron chi connectivity index (χ4n) is 1.05. The van der Waals surface area contributed by atoms with Crippen LogP contribution in [0.15, 0.2) is 35.7 Å². The van der Waals surface area contributed by atoms with Crippen molar-refractivity contribution in [1.82, 2.24) is 5.32 Å². The molecule has 0 amide bonds. The first-order valence-electron chi connectivity index (χ1n) is 4.12. The van der Waals surface area contributed by atoms with Crippen LogP contribution in [0.2, 0.25) is 0 Å². The van der Waals surface area contributed by atoms with Crippen LogP contribution in [0.4, 0.5) is 0 Å². The molecule has 1 aromatic carbocycles. The predicted octanol–water partition coefficient (Wildman–Crippen LogP) is 1.28. The van der Waals surface area contributed by atoms with E-state index in [2.05, 4.69) is 11.9 Å². The zero-order valence-electron chi connectivity index (χ0n) is 8.24. The summed E-state index contributed by atoms with van der Waals surface area (Å²) in [7, 11) is -1.33. The SMILES string of the molecule is C=C(NC)c1ccc(S(C)(=O)=O)cc1. The molecule has 76 valence electrons. The highest BCUT2D eigenvalue weighted by molar-refractivity contribution is 7.90. The number of benzene rings is 1. The van der Waals surface area contributed by atoms with Crippen LogP contribution in [-0.4, -0.2) is 21.7 Å². The van der Waals surface area contributed by atoms with Crippen LogP contribution in [0, 0.1) is 0 Å². The zero-order valence-corrected chi connectivity index (χ0v) is 9.06. The fraction of sp³-hybridized carbons (Fsp3) is 0.200. The maximum Gasteiger partial charge on any atom is 0.175 e. The van der Waals surface area contributed by atoms with Gasteiger partial charge in [-0.05, 0) is 17.7 Å². The van der Waals surface area contributed by atoms with Crippen molar-refractivity contribution in [3.8, 4) is 0 Å². The highest BCUT2D eigenvalue weighted by Gasteiger charge is 2.06. The quantitative estimate of drug-likeness (QED) is 0.819. The number of sulfone groups is 1. The molecule has 3 nitrogen and oxygen atoms in total. The molecule has 0 fully saturated rings. The molecule has 0 saturated heterocycles. The van der Waals surface area contributed by atoms with Crippen molar-refractivity contribution in [3.05, 3.63) is 36.4 Å². The van der Waals surface area contributed by atoms with Crippen molar-refractivity contribution in [2.45, 2.75) is 4.90 Å². The van der Waals surface area contributed by atoms with E-state index in [0.29, 0.717) is 4.90 Å². The van der Waals surface area contributed by atoms with Crippen LogP contribution in [0.3, 0.4) is 0 Å². The standard InChI is InChI=1S/C10H13NO2S/c1-8(11-2)9-4-6-10(7-5-9)14(3,12)13/h4-7,11H,1H2,2-3H3. The Labute approximate surface area is 84.4 Å². The summed E-state index contributed by atoms with van der Waals surface area (Å²) >= 11 is 0. The second-order valence-electron chi connectivity index (χ2n) is 3.03. The van der Waals surface area contributed by atoms with Gasteiger partial charge in [0.15, 0.2) is 9.84 Å². The molecular weight excluding hydrogens is 198 g/mol. The van der Waals surface area contributed by atoms with Gasteiger partial charge in [0.1, 0.15) is 0 Å². The molecule has 0 heterocycles. The van der Waals surface area contributed by atoms with Crippen molar-refractivity contribution in [2.75, 3.05) is 13.3 Å². The van der Waals surface area contributed by atoms with Gasteiger partial charge in [0.05, 0.1) is 4.90 Å². The molecule has 1 rings (SSSR count). The largest absolute Gasteiger partial charge is 0.388 e. The summed E-state index contributed by atoms with van der Waals surface area (Å²) < 4.78 is 22.3. The minimum Gasteiger partial charge on any atom is -0.388 e. The molecule has 1 aromatic rings. The monoisotopic (exact) mass is 211 g/mol. The van der Waals surface area contributed by atoms with Crippen molar-refractivity contribution >= 4 is 15.5 Å². The van der Waals surface area contributed by atoms with Gasteiger partial charge >= 0.3 is 0 Å². The van der Waals surface area contributed by atoms with Gasteiger partial charge in [-0.1, -0.05) is 18.7 Å². The number of rotatable bonds is 3. The average molecular weight is 211 g/mol. The molecule has 0 radical (unpaired) electrons. The van der Waals surface area contributed by atoms with Crippen LogP contribution in [-0.2, 0) is 9.84 Å². The van der Waals surface area contributed by atoms with Crippen molar-refractivity contribution in [3.63, 3.8) is 0 Å². The predicted molar refractivity (Wildman–Crippen MR) is 57.6 cm³/mol. The lowest BCUT2D eigenvalue weighted by Crippen LogP contribution is -2.03. The minimum absolute atomic E-state index is 0.324. The molecular formula is C10H13NO2S. The van der Waals surface area contributed by atoms with Crippen LogP contribution in [0.1, 0.15) is 5.56 Å². The summed E-state index contributed by atoms with van der Waals surface area (Å²) in [5.74, 6) is 0. The number of nitrogens with one attached hydrogen (secondary N) is 1. The van der Waals surface area contributed by atoms with Crippen LogP contribution < -0.4 is 5.32 Å². The second kappa shape index (κ2) is 3.84. The van der Waals surface area contributed by atoms with Gasteiger partial charge in [-0.25, -0.2) is 8.42 Å². The maximum atomic E-state index is 11.1. The molecule has 14 heavy (non-hydrogen) atoms. The van der Waals surface area contributed by atoms with Gasteiger partial charge < -0.3 is 5.32 Å². The lowest BCUT2D eigenvalue weighted by Gasteiger charge is -2.05. The first kappa shape index (κ1) is 10.8. The van der Waals surface area contributed by atoms with Crippen molar-refractivity contribution in [1.29, 1.82) is 0 Å². The summed E-state index contributed by atoms with van der Waals surface area (Å²) in [6.07, 6.45) is 1.19. The summed E-state index contributed by atoms with van der Waals surface area (Å²) in [5, 5.41) is 2.90. The van der Waals surface area contributed by atoms with Crippen LogP contribution >= 0.6 is 0 Å². The molecule has 0 bridgehead atoms. The third kappa shape index (κ3) is 2.35. The zero-order chi connectivity index (χ0) is 10.8.